The molecule has 3 saturated heterocycles. The van der Waals surface area contributed by atoms with Gasteiger partial charge in [-0.05, 0) is 75.4 Å². The van der Waals surface area contributed by atoms with Crippen LogP contribution in [0.15, 0.2) is 18.2 Å². The second-order valence-electron chi connectivity index (χ2n) is 7.58. The number of piperidine rings is 1. The van der Waals surface area contributed by atoms with Crippen molar-refractivity contribution in [2.45, 2.75) is 45.2 Å². The van der Waals surface area contributed by atoms with Gasteiger partial charge in [-0.3, -0.25) is 4.90 Å². The highest BCUT2D eigenvalue weighted by atomic mass is 35.5. The van der Waals surface area contributed by atoms with Crippen LogP contribution in [0.5, 0.6) is 0 Å². The summed E-state index contributed by atoms with van der Waals surface area (Å²) in [6.45, 7) is 10.7. The zero-order chi connectivity index (χ0) is 15.1. The minimum Gasteiger partial charge on any atom is -0.371 e. The van der Waals surface area contributed by atoms with Crippen molar-refractivity contribution in [1.82, 2.24) is 10.2 Å². The van der Waals surface area contributed by atoms with Gasteiger partial charge in [0, 0.05) is 37.4 Å². The molecule has 0 aromatic heterocycles. The highest BCUT2D eigenvalue weighted by Crippen LogP contribution is 2.33. The van der Waals surface area contributed by atoms with Crippen LogP contribution in [-0.2, 0) is 0 Å². The second kappa shape index (κ2) is 8.27. The molecule has 3 nitrogen and oxygen atoms in total. The SMILES string of the molecule is Cc1cc(C)cc(N2CCC(N3CC[C@H]4CNC[C@H]43)CC2)c1.Cl.Cl. The Morgan fingerprint density at radius 3 is 2.21 bits per heavy atom. The lowest BCUT2D eigenvalue weighted by atomic mass is 9.99. The first-order chi connectivity index (χ1) is 10.7. The number of aryl methyl sites for hydroxylation is 2. The highest BCUT2D eigenvalue weighted by Gasteiger charge is 2.41. The highest BCUT2D eigenvalue weighted by molar-refractivity contribution is 5.85. The van der Waals surface area contributed by atoms with E-state index in [9.17, 15) is 0 Å². The predicted molar refractivity (Wildman–Crippen MR) is 107 cm³/mol. The second-order valence-corrected chi connectivity index (χ2v) is 7.58. The third-order valence-electron chi connectivity index (χ3n) is 5.99. The monoisotopic (exact) mass is 371 g/mol. The first kappa shape index (κ1) is 19.8. The van der Waals surface area contributed by atoms with Crippen molar-refractivity contribution in [2.24, 2.45) is 5.92 Å². The molecule has 1 aromatic rings. The van der Waals surface area contributed by atoms with E-state index >= 15 is 0 Å². The maximum Gasteiger partial charge on any atom is 0.0371 e. The lowest BCUT2D eigenvalue weighted by Crippen LogP contribution is -2.48. The molecular formula is C19H31Cl2N3. The molecule has 0 aliphatic carbocycles. The van der Waals surface area contributed by atoms with Crippen LogP contribution in [-0.4, -0.2) is 49.7 Å². The third kappa shape index (κ3) is 3.85. The summed E-state index contributed by atoms with van der Waals surface area (Å²) >= 11 is 0. The number of benzene rings is 1. The summed E-state index contributed by atoms with van der Waals surface area (Å²) in [6.07, 6.45) is 4.07. The van der Waals surface area contributed by atoms with Gasteiger partial charge < -0.3 is 10.2 Å². The summed E-state index contributed by atoms with van der Waals surface area (Å²) in [5.41, 5.74) is 4.20. The predicted octanol–water partition coefficient (Wildman–Crippen LogP) is 3.41. The number of likely N-dealkylation sites (tertiary alicyclic amines) is 1. The average molecular weight is 372 g/mol. The van der Waals surface area contributed by atoms with Gasteiger partial charge in [-0.15, -0.1) is 24.8 Å². The summed E-state index contributed by atoms with van der Waals surface area (Å²) in [6, 6.07) is 8.61. The van der Waals surface area contributed by atoms with Crippen LogP contribution in [0.2, 0.25) is 0 Å². The largest absolute Gasteiger partial charge is 0.371 e. The standard InChI is InChI=1S/C19H29N3.2ClH/c1-14-9-15(2)11-18(10-14)21-6-4-17(5-7-21)22-8-3-16-12-20-13-19(16)22;;/h9-11,16-17,19-20H,3-8,12-13H2,1-2H3;2*1H/t16-,19+;;/m0../s1. The van der Waals surface area contributed by atoms with Crippen LogP contribution < -0.4 is 10.2 Å². The molecule has 3 aliphatic rings. The number of nitrogens with one attached hydrogen (secondary N) is 1. The van der Waals surface area contributed by atoms with Crippen molar-refractivity contribution < 1.29 is 0 Å². The molecule has 0 spiro atoms. The Hall–Kier alpha value is -0.480. The van der Waals surface area contributed by atoms with E-state index in [1.54, 1.807) is 0 Å². The van der Waals surface area contributed by atoms with Crippen molar-refractivity contribution in [3.8, 4) is 0 Å². The molecule has 1 aromatic carbocycles. The average Bonchev–Trinajstić information content (AvgIpc) is 3.09. The normalized spacial score (nSPS) is 27.5. The molecule has 2 atom stereocenters. The lowest BCUT2D eigenvalue weighted by Gasteiger charge is -2.40. The molecular weight excluding hydrogens is 341 g/mol. The molecule has 0 unspecified atom stereocenters. The first-order valence-electron chi connectivity index (χ1n) is 9.00. The Balaban J connectivity index is 0.00000104. The summed E-state index contributed by atoms with van der Waals surface area (Å²) in [4.78, 5) is 5.43. The van der Waals surface area contributed by atoms with E-state index in [2.05, 4.69) is 47.2 Å². The van der Waals surface area contributed by atoms with Crippen molar-refractivity contribution in [3.63, 3.8) is 0 Å². The van der Waals surface area contributed by atoms with Crippen molar-refractivity contribution in [1.29, 1.82) is 0 Å². The summed E-state index contributed by atoms with van der Waals surface area (Å²) in [5, 5.41) is 3.59. The maximum absolute atomic E-state index is 3.59. The summed E-state index contributed by atoms with van der Waals surface area (Å²) in [7, 11) is 0. The van der Waals surface area contributed by atoms with Gasteiger partial charge >= 0.3 is 0 Å². The smallest absolute Gasteiger partial charge is 0.0371 e. The van der Waals surface area contributed by atoms with Crippen LogP contribution in [0.3, 0.4) is 0 Å². The van der Waals surface area contributed by atoms with E-state index in [1.807, 2.05) is 0 Å². The Kier molecular flexibility index (Phi) is 6.83. The Morgan fingerprint density at radius 1 is 0.875 bits per heavy atom. The molecule has 1 N–H and O–H groups in total. The fourth-order valence-electron chi connectivity index (χ4n) is 4.92. The minimum atomic E-state index is 0. The molecule has 24 heavy (non-hydrogen) atoms. The fourth-order valence-corrected chi connectivity index (χ4v) is 4.92. The van der Waals surface area contributed by atoms with Crippen LogP contribution in [0.1, 0.15) is 30.4 Å². The van der Waals surface area contributed by atoms with E-state index in [1.165, 1.54) is 68.8 Å². The number of hydrogen-bond acceptors (Lipinski definition) is 3. The molecule has 0 amide bonds. The van der Waals surface area contributed by atoms with Gasteiger partial charge in [0.1, 0.15) is 0 Å². The van der Waals surface area contributed by atoms with E-state index in [4.69, 9.17) is 0 Å². The fraction of sp³-hybridized carbons (Fsp3) is 0.684. The van der Waals surface area contributed by atoms with E-state index in [-0.39, 0.29) is 24.8 Å². The molecule has 3 heterocycles. The number of anilines is 1. The van der Waals surface area contributed by atoms with Crippen molar-refractivity contribution in [3.05, 3.63) is 29.3 Å². The van der Waals surface area contributed by atoms with Gasteiger partial charge in [-0.1, -0.05) is 6.07 Å². The minimum absolute atomic E-state index is 0. The van der Waals surface area contributed by atoms with Crippen LogP contribution in [0.4, 0.5) is 5.69 Å². The Labute approximate surface area is 159 Å². The summed E-state index contributed by atoms with van der Waals surface area (Å²) < 4.78 is 0. The van der Waals surface area contributed by atoms with Crippen molar-refractivity contribution >= 4 is 30.5 Å². The van der Waals surface area contributed by atoms with E-state index in [0.717, 1.165) is 18.0 Å². The molecule has 3 fully saturated rings. The molecule has 5 heteroatoms. The Bertz CT molecular complexity index is 523. The molecule has 0 bridgehead atoms. The van der Waals surface area contributed by atoms with Crippen molar-refractivity contribution in [2.75, 3.05) is 37.6 Å². The number of fused-ring (bicyclic) bond motifs is 1. The molecule has 0 saturated carbocycles. The van der Waals surface area contributed by atoms with Gasteiger partial charge in [0.25, 0.3) is 0 Å². The van der Waals surface area contributed by atoms with Gasteiger partial charge in [0.15, 0.2) is 0 Å². The van der Waals surface area contributed by atoms with Gasteiger partial charge in [-0.2, -0.15) is 0 Å². The number of nitrogens with zero attached hydrogens (tertiary/aromatic N) is 2. The number of halogens is 2. The Morgan fingerprint density at radius 2 is 1.54 bits per heavy atom. The van der Waals surface area contributed by atoms with Gasteiger partial charge in [-0.25, -0.2) is 0 Å². The topological polar surface area (TPSA) is 18.5 Å². The number of hydrogen-bond donors (Lipinski definition) is 1. The molecule has 136 valence electrons. The first-order valence-corrected chi connectivity index (χ1v) is 9.00. The lowest BCUT2D eigenvalue weighted by molar-refractivity contribution is 0.154. The zero-order valence-electron chi connectivity index (χ0n) is 14.8. The van der Waals surface area contributed by atoms with Gasteiger partial charge in [0.2, 0.25) is 0 Å². The van der Waals surface area contributed by atoms with Gasteiger partial charge in [0.05, 0.1) is 0 Å². The van der Waals surface area contributed by atoms with E-state index < -0.39 is 0 Å². The quantitative estimate of drug-likeness (QED) is 0.858. The molecule has 0 radical (unpaired) electrons. The van der Waals surface area contributed by atoms with Crippen LogP contribution >= 0.6 is 24.8 Å². The third-order valence-corrected chi connectivity index (χ3v) is 5.99. The molecule has 3 aliphatic heterocycles. The van der Waals surface area contributed by atoms with E-state index in [0.29, 0.717) is 0 Å². The van der Waals surface area contributed by atoms with Crippen LogP contribution in [0, 0.1) is 19.8 Å². The maximum atomic E-state index is 3.59. The summed E-state index contributed by atoms with van der Waals surface area (Å²) in [5.74, 6) is 0.928. The molecule has 4 rings (SSSR count). The number of rotatable bonds is 2. The van der Waals surface area contributed by atoms with Crippen LogP contribution in [0.25, 0.3) is 0 Å². The zero-order valence-corrected chi connectivity index (χ0v) is 16.5.